The molecule has 1 rings (SSSR count). The molecule has 2 N–H and O–H groups in total. The molecule has 1 aromatic carbocycles. The normalized spacial score (nSPS) is 14.6. The van der Waals surface area contributed by atoms with Gasteiger partial charge in [-0.15, -0.1) is 0 Å². The lowest BCUT2D eigenvalue weighted by atomic mass is 9.76. The van der Waals surface area contributed by atoms with Gasteiger partial charge in [0.05, 0.1) is 6.42 Å². The van der Waals surface area contributed by atoms with Gasteiger partial charge in [-0.25, -0.2) is 0 Å². The summed E-state index contributed by atoms with van der Waals surface area (Å²) in [7, 11) is 0. The van der Waals surface area contributed by atoms with E-state index in [1.165, 1.54) is 0 Å². The summed E-state index contributed by atoms with van der Waals surface area (Å²) in [6, 6.07) is 9.09. The number of aliphatic carboxylic acids is 1. The topological polar surface area (TPSA) is 57.5 Å². The van der Waals surface area contributed by atoms with Crippen molar-refractivity contribution in [2.45, 2.75) is 38.7 Å². The highest BCUT2D eigenvalue weighted by molar-refractivity contribution is 5.68. The molecule has 1 atom stereocenters. The molecule has 1 aromatic rings. The van der Waals surface area contributed by atoms with Crippen molar-refractivity contribution in [1.29, 1.82) is 0 Å². The molecule has 3 heteroatoms. The Bertz CT molecular complexity index is 357. The molecule has 1 unspecified atom stereocenters. The third kappa shape index (κ3) is 3.07. The van der Waals surface area contributed by atoms with Crippen LogP contribution in [0.15, 0.2) is 30.3 Å². The summed E-state index contributed by atoms with van der Waals surface area (Å²) in [6.45, 7) is 3.95. The fourth-order valence-corrected chi connectivity index (χ4v) is 2.40. The molecule has 0 aliphatic heterocycles. The predicted octanol–water partition coefficient (Wildman–Crippen LogP) is 2.79. The number of benzene rings is 1. The molecule has 0 aliphatic rings. The average Bonchev–Trinajstić information content (AvgIpc) is 2.30. The van der Waals surface area contributed by atoms with Crippen LogP contribution in [0.3, 0.4) is 0 Å². The third-order valence-corrected chi connectivity index (χ3v) is 3.36. The Morgan fingerprint density at radius 3 is 2.18 bits per heavy atom. The molecule has 0 bridgehead atoms. The summed E-state index contributed by atoms with van der Waals surface area (Å²) < 4.78 is 0. The number of carbonyl (C=O) groups is 1. The van der Waals surface area contributed by atoms with Crippen LogP contribution in [-0.2, 0) is 10.4 Å². The number of hydrogen-bond donors (Lipinski definition) is 2. The second kappa shape index (κ2) is 5.82. The van der Waals surface area contributed by atoms with E-state index in [1.54, 1.807) is 12.1 Å². The van der Waals surface area contributed by atoms with Crippen LogP contribution in [0.5, 0.6) is 0 Å². The SMILES string of the molecule is CCC(CC)C(O)(CC(=O)O)c1ccccc1. The zero-order valence-corrected chi connectivity index (χ0v) is 10.4. The molecule has 0 saturated carbocycles. The molecule has 0 aromatic heterocycles. The molecule has 0 saturated heterocycles. The highest BCUT2D eigenvalue weighted by Gasteiger charge is 2.38. The lowest BCUT2D eigenvalue weighted by Gasteiger charge is -2.34. The molecule has 0 spiro atoms. The van der Waals surface area contributed by atoms with Gasteiger partial charge in [-0.2, -0.15) is 0 Å². The highest BCUT2D eigenvalue weighted by Crippen LogP contribution is 2.37. The van der Waals surface area contributed by atoms with Crippen LogP contribution in [0.2, 0.25) is 0 Å². The van der Waals surface area contributed by atoms with Gasteiger partial charge in [0.25, 0.3) is 0 Å². The zero-order valence-electron chi connectivity index (χ0n) is 10.4. The van der Waals surface area contributed by atoms with Gasteiger partial charge < -0.3 is 10.2 Å². The van der Waals surface area contributed by atoms with Crippen molar-refractivity contribution < 1.29 is 15.0 Å². The van der Waals surface area contributed by atoms with Crippen LogP contribution in [0.4, 0.5) is 0 Å². The Balaban J connectivity index is 3.13. The van der Waals surface area contributed by atoms with Crippen LogP contribution >= 0.6 is 0 Å². The zero-order chi connectivity index (χ0) is 12.9. The smallest absolute Gasteiger partial charge is 0.306 e. The van der Waals surface area contributed by atoms with Crippen LogP contribution in [0, 0.1) is 5.92 Å². The van der Waals surface area contributed by atoms with E-state index in [0.717, 1.165) is 12.8 Å². The maximum atomic E-state index is 11.0. The fraction of sp³-hybridized carbons (Fsp3) is 0.500. The van der Waals surface area contributed by atoms with Gasteiger partial charge >= 0.3 is 5.97 Å². The second-order valence-electron chi connectivity index (χ2n) is 4.37. The average molecular weight is 236 g/mol. The van der Waals surface area contributed by atoms with Crippen molar-refractivity contribution in [2.75, 3.05) is 0 Å². The van der Waals surface area contributed by atoms with E-state index >= 15 is 0 Å². The quantitative estimate of drug-likeness (QED) is 0.798. The molecular weight excluding hydrogens is 216 g/mol. The van der Waals surface area contributed by atoms with E-state index in [0.29, 0.717) is 5.56 Å². The Labute approximate surface area is 102 Å². The molecular formula is C14H20O3. The number of rotatable bonds is 6. The maximum absolute atomic E-state index is 11.0. The lowest BCUT2D eigenvalue weighted by Crippen LogP contribution is -2.37. The third-order valence-electron chi connectivity index (χ3n) is 3.36. The molecule has 17 heavy (non-hydrogen) atoms. The number of hydrogen-bond acceptors (Lipinski definition) is 2. The molecule has 0 aliphatic carbocycles. The van der Waals surface area contributed by atoms with Gasteiger partial charge in [0, 0.05) is 0 Å². The molecule has 0 radical (unpaired) electrons. The number of carboxylic acids is 1. The van der Waals surface area contributed by atoms with E-state index in [2.05, 4.69) is 0 Å². The molecule has 0 heterocycles. The van der Waals surface area contributed by atoms with Gasteiger partial charge in [-0.3, -0.25) is 4.79 Å². The van der Waals surface area contributed by atoms with E-state index in [-0.39, 0.29) is 12.3 Å². The molecule has 0 amide bonds. The van der Waals surface area contributed by atoms with Crippen molar-refractivity contribution >= 4 is 5.97 Å². The van der Waals surface area contributed by atoms with Crippen molar-refractivity contribution in [3.8, 4) is 0 Å². The van der Waals surface area contributed by atoms with Gasteiger partial charge in [-0.1, -0.05) is 57.0 Å². The van der Waals surface area contributed by atoms with Gasteiger partial charge in [0.2, 0.25) is 0 Å². The van der Waals surface area contributed by atoms with Gasteiger partial charge in [-0.05, 0) is 11.5 Å². The number of aliphatic hydroxyl groups is 1. The minimum Gasteiger partial charge on any atom is -0.481 e. The summed E-state index contributed by atoms with van der Waals surface area (Å²) in [5.41, 5.74) is -0.576. The number of carboxylic acid groups (broad SMARTS) is 1. The first-order chi connectivity index (χ1) is 8.04. The van der Waals surface area contributed by atoms with Crippen molar-refractivity contribution in [2.24, 2.45) is 5.92 Å². The van der Waals surface area contributed by atoms with Crippen LogP contribution in [0.1, 0.15) is 38.7 Å². The summed E-state index contributed by atoms with van der Waals surface area (Å²) in [4.78, 5) is 11.0. The van der Waals surface area contributed by atoms with Crippen LogP contribution in [-0.4, -0.2) is 16.2 Å². The van der Waals surface area contributed by atoms with Crippen LogP contribution in [0.25, 0.3) is 0 Å². The van der Waals surface area contributed by atoms with Crippen molar-refractivity contribution in [3.63, 3.8) is 0 Å². The Morgan fingerprint density at radius 1 is 1.24 bits per heavy atom. The summed E-state index contributed by atoms with van der Waals surface area (Å²) in [5, 5.41) is 19.7. The van der Waals surface area contributed by atoms with E-state index in [1.807, 2.05) is 32.0 Å². The maximum Gasteiger partial charge on any atom is 0.306 e. The van der Waals surface area contributed by atoms with E-state index in [4.69, 9.17) is 5.11 Å². The minimum absolute atomic E-state index is 0.0407. The van der Waals surface area contributed by atoms with E-state index in [9.17, 15) is 9.90 Å². The first-order valence-electron chi connectivity index (χ1n) is 6.04. The monoisotopic (exact) mass is 236 g/mol. The van der Waals surface area contributed by atoms with Crippen LogP contribution < -0.4 is 0 Å². The Hall–Kier alpha value is -1.35. The van der Waals surface area contributed by atoms with Gasteiger partial charge in [0.15, 0.2) is 0 Å². The minimum atomic E-state index is -1.27. The van der Waals surface area contributed by atoms with Gasteiger partial charge in [0.1, 0.15) is 5.60 Å². The summed E-state index contributed by atoms with van der Waals surface area (Å²) in [5.74, 6) is -1.01. The lowest BCUT2D eigenvalue weighted by molar-refractivity contribution is -0.146. The highest BCUT2D eigenvalue weighted by atomic mass is 16.4. The standard InChI is InChI=1S/C14H20O3/c1-3-11(4-2)14(17,10-13(15)16)12-8-6-5-7-9-12/h5-9,11,17H,3-4,10H2,1-2H3,(H,15,16). The summed E-state index contributed by atoms with van der Waals surface area (Å²) >= 11 is 0. The Morgan fingerprint density at radius 2 is 1.76 bits per heavy atom. The fourth-order valence-electron chi connectivity index (χ4n) is 2.40. The first-order valence-corrected chi connectivity index (χ1v) is 6.04. The van der Waals surface area contributed by atoms with E-state index < -0.39 is 11.6 Å². The Kier molecular flexibility index (Phi) is 4.70. The first kappa shape index (κ1) is 13.7. The second-order valence-corrected chi connectivity index (χ2v) is 4.37. The van der Waals surface area contributed by atoms with Crippen molar-refractivity contribution in [3.05, 3.63) is 35.9 Å². The molecule has 0 fully saturated rings. The molecule has 94 valence electrons. The molecule has 3 nitrogen and oxygen atoms in total. The van der Waals surface area contributed by atoms with Crippen molar-refractivity contribution in [1.82, 2.24) is 0 Å². The summed E-state index contributed by atoms with van der Waals surface area (Å²) in [6.07, 6.45) is 1.27. The largest absolute Gasteiger partial charge is 0.481 e. The predicted molar refractivity (Wildman–Crippen MR) is 66.7 cm³/mol.